The maximum atomic E-state index is 12.4. The summed E-state index contributed by atoms with van der Waals surface area (Å²) >= 11 is 0. The molecule has 29 heavy (non-hydrogen) atoms. The van der Waals surface area contributed by atoms with E-state index in [1.54, 1.807) is 30.3 Å². The number of unbranched alkanes of at least 4 members (excludes halogenated alkanes) is 7. The average Bonchev–Trinajstić information content (AvgIpc) is 2.66. The van der Waals surface area contributed by atoms with Crippen molar-refractivity contribution in [1.29, 1.82) is 0 Å². The van der Waals surface area contributed by atoms with E-state index in [0.29, 0.717) is 17.7 Å². The molecule has 5 nitrogen and oxygen atoms in total. The van der Waals surface area contributed by atoms with Crippen LogP contribution in [-0.4, -0.2) is 13.0 Å². The number of hydrogen-bond donors (Lipinski definition) is 1. The molecule has 2 rings (SSSR count). The van der Waals surface area contributed by atoms with Crippen LogP contribution in [0.3, 0.4) is 0 Å². The van der Waals surface area contributed by atoms with E-state index >= 15 is 0 Å². The second kappa shape index (κ2) is 13.3. The topological polar surface area (TPSA) is 86.7 Å². The first-order chi connectivity index (χ1) is 13.4. The van der Waals surface area contributed by atoms with E-state index in [-0.39, 0.29) is 35.3 Å². The quantitative estimate of drug-likeness (QED) is 0.319. The molecule has 0 radical (unpaired) electrons. The summed E-state index contributed by atoms with van der Waals surface area (Å²) < 4.78 is 38.2. The zero-order valence-electron chi connectivity index (χ0n) is 17.4. The minimum atomic E-state index is -4.61. The van der Waals surface area contributed by atoms with Crippen LogP contribution in [0.5, 0.6) is 17.2 Å². The molecule has 2 aromatic carbocycles. The van der Waals surface area contributed by atoms with Crippen LogP contribution in [0.1, 0.15) is 63.9 Å². The Morgan fingerprint density at radius 1 is 0.931 bits per heavy atom. The fourth-order valence-electron chi connectivity index (χ4n) is 3.12. The first-order valence-electron chi connectivity index (χ1n) is 9.96. The second-order valence-electron chi connectivity index (χ2n) is 7.04. The molecule has 0 saturated heterocycles. The zero-order chi connectivity index (χ0) is 20.4. The molecule has 0 aromatic heterocycles. The first-order valence-corrected chi connectivity index (χ1v) is 11.4. The van der Waals surface area contributed by atoms with E-state index in [9.17, 15) is 18.1 Å². The standard InChI is InChI=1S/C22H30O5S.Na/c1-2-3-4-5-6-7-8-10-13-18-16-20(27-19-14-11-9-12-15-19)22(23)21(17-18)28(24,25)26;/h9,11-12,14-17,23H,2-8,10,13H2,1H3,(H,24,25,26);/q;+1/p-1. The molecule has 2 aromatic rings. The Morgan fingerprint density at radius 3 is 2.10 bits per heavy atom. The molecular weight excluding hydrogens is 399 g/mol. The Labute approximate surface area is 196 Å². The molecule has 154 valence electrons. The Balaban J connectivity index is 0.00000420. The van der Waals surface area contributed by atoms with Crippen molar-refractivity contribution in [2.45, 2.75) is 69.6 Å². The van der Waals surface area contributed by atoms with Crippen LogP contribution < -0.4 is 39.4 Å². The molecule has 0 atom stereocenters. The van der Waals surface area contributed by atoms with Gasteiger partial charge in [0.1, 0.15) is 11.5 Å². The Morgan fingerprint density at radius 2 is 1.52 bits per heavy atom. The third kappa shape index (κ3) is 9.09. The van der Waals surface area contributed by atoms with Crippen molar-refractivity contribution in [3.8, 4) is 17.2 Å². The van der Waals surface area contributed by atoms with Gasteiger partial charge in [-0.05, 0) is 48.4 Å². The molecule has 0 fully saturated rings. The molecule has 0 bridgehead atoms. The second-order valence-corrected chi connectivity index (χ2v) is 8.43. The van der Waals surface area contributed by atoms with E-state index in [2.05, 4.69) is 6.92 Å². The van der Waals surface area contributed by atoms with E-state index in [1.165, 1.54) is 38.2 Å². The van der Waals surface area contributed by atoms with Gasteiger partial charge in [-0.3, -0.25) is 4.55 Å². The molecule has 0 heterocycles. The number of para-hydroxylation sites is 1. The number of hydrogen-bond acceptors (Lipinski definition) is 4. The third-order valence-electron chi connectivity index (χ3n) is 4.65. The minimum absolute atomic E-state index is 0. The summed E-state index contributed by atoms with van der Waals surface area (Å²) in [6, 6.07) is 11.5. The van der Waals surface area contributed by atoms with Gasteiger partial charge < -0.3 is 9.84 Å². The maximum absolute atomic E-state index is 12.4. The predicted molar refractivity (Wildman–Crippen MR) is 109 cm³/mol. The van der Waals surface area contributed by atoms with Gasteiger partial charge in [-0.25, -0.2) is 0 Å². The summed E-state index contributed by atoms with van der Waals surface area (Å²) in [6.45, 7) is 2.20. The van der Waals surface area contributed by atoms with Gasteiger partial charge in [-0.2, -0.15) is 8.42 Å². The van der Waals surface area contributed by atoms with Gasteiger partial charge >= 0.3 is 29.6 Å². The smallest absolute Gasteiger partial charge is 0.869 e. The molecule has 1 N–H and O–H groups in total. The van der Waals surface area contributed by atoms with Gasteiger partial charge in [0.15, 0.2) is 0 Å². The van der Waals surface area contributed by atoms with Crippen molar-refractivity contribution in [2.24, 2.45) is 0 Å². The van der Waals surface area contributed by atoms with Crippen LogP contribution in [0.25, 0.3) is 0 Å². The van der Waals surface area contributed by atoms with Crippen LogP contribution in [0.15, 0.2) is 47.4 Å². The van der Waals surface area contributed by atoms with Gasteiger partial charge in [-0.1, -0.05) is 70.1 Å². The van der Waals surface area contributed by atoms with Crippen molar-refractivity contribution in [3.63, 3.8) is 0 Å². The van der Waals surface area contributed by atoms with Gasteiger partial charge in [0.25, 0.3) is 10.1 Å². The van der Waals surface area contributed by atoms with Crippen LogP contribution >= 0.6 is 0 Å². The van der Waals surface area contributed by atoms with E-state index in [0.717, 1.165) is 19.3 Å². The summed E-state index contributed by atoms with van der Waals surface area (Å²) in [5.74, 6) is -0.480. The molecule has 0 amide bonds. The van der Waals surface area contributed by atoms with Crippen LogP contribution in [-0.2, 0) is 16.5 Å². The summed E-state index contributed by atoms with van der Waals surface area (Å²) in [4.78, 5) is -0.629. The van der Waals surface area contributed by atoms with Crippen LogP contribution in [0.2, 0.25) is 0 Å². The fraction of sp³-hybridized carbons (Fsp3) is 0.455. The molecule has 0 aliphatic heterocycles. The first kappa shape index (κ1) is 26.0. The summed E-state index contributed by atoms with van der Waals surface area (Å²) in [5, 5.41) is 12.4. The Bertz CT molecular complexity index is 838. The van der Waals surface area contributed by atoms with E-state index in [1.807, 2.05) is 6.07 Å². The molecule has 0 aliphatic rings. The van der Waals surface area contributed by atoms with Crippen molar-refractivity contribution in [1.82, 2.24) is 0 Å². The Hall–Kier alpha value is -1.05. The molecule has 0 spiro atoms. The minimum Gasteiger partial charge on any atom is -0.869 e. The van der Waals surface area contributed by atoms with Gasteiger partial charge in [0.2, 0.25) is 0 Å². The van der Waals surface area contributed by atoms with Gasteiger partial charge in [0.05, 0.1) is 4.90 Å². The van der Waals surface area contributed by atoms with E-state index in [4.69, 9.17) is 4.74 Å². The number of benzene rings is 2. The van der Waals surface area contributed by atoms with Crippen molar-refractivity contribution in [2.75, 3.05) is 0 Å². The molecule has 0 saturated carbocycles. The van der Waals surface area contributed by atoms with Crippen molar-refractivity contribution < 1.29 is 52.4 Å². The predicted octanol–water partition coefficient (Wildman–Crippen LogP) is 2.49. The molecule has 0 aliphatic carbocycles. The molecule has 0 unspecified atom stereocenters. The Kier molecular flexibility index (Phi) is 11.9. The summed E-state index contributed by atoms with van der Waals surface area (Å²) in [5.41, 5.74) is 0.670. The van der Waals surface area contributed by atoms with E-state index < -0.39 is 20.8 Å². The number of ether oxygens (including phenoxy) is 1. The van der Waals surface area contributed by atoms with Crippen molar-refractivity contribution >= 4 is 10.1 Å². The SMILES string of the molecule is CCCCCCCCCCc1cc(Oc2ccccc2)c([O-])c(S(=O)(=O)O)c1.[Na+]. The zero-order valence-corrected chi connectivity index (χ0v) is 20.2. The number of aryl methyl sites for hydroxylation is 1. The summed E-state index contributed by atoms with van der Waals surface area (Å²) in [6.07, 6.45) is 9.95. The average molecular weight is 429 g/mol. The molecule has 7 heteroatoms. The molecular formula is C22H29NaO5S. The monoisotopic (exact) mass is 428 g/mol. The van der Waals surface area contributed by atoms with Crippen molar-refractivity contribution in [3.05, 3.63) is 48.0 Å². The van der Waals surface area contributed by atoms with Gasteiger partial charge in [-0.15, -0.1) is 0 Å². The maximum Gasteiger partial charge on any atom is 1.00 e. The van der Waals surface area contributed by atoms with Crippen LogP contribution in [0.4, 0.5) is 0 Å². The van der Waals surface area contributed by atoms with Gasteiger partial charge in [0, 0.05) is 0 Å². The fourth-order valence-corrected chi connectivity index (χ4v) is 3.76. The summed E-state index contributed by atoms with van der Waals surface area (Å²) in [7, 11) is -4.61. The largest absolute Gasteiger partial charge is 1.00 e. The number of rotatable bonds is 12. The van der Waals surface area contributed by atoms with Crippen LogP contribution in [0, 0.1) is 0 Å². The third-order valence-corrected chi connectivity index (χ3v) is 5.51. The normalized spacial score (nSPS) is 11.1.